The molecule has 0 unspecified atom stereocenters. The zero-order valence-electron chi connectivity index (χ0n) is 8.13. The van der Waals surface area contributed by atoms with Crippen LogP contribution >= 0.6 is 0 Å². The van der Waals surface area contributed by atoms with E-state index in [0.717, 1.165) is 0 Å². The maximum Gasteiger partial charge on any atom is 0.322 e. The molecule has 0 aliphatic rings. The third-order valence-electron chi connectivity index (χ3n) is 1.43. The van der Waals surface area contributed by atoms with Crippen LogP contribution in [0.3, 0.4) is 0 Å². The predicted octanol–water partition coefficient (Wildman–Crippen LogP) is 0.126. The molecule has 0 rings (SSSR count). The summed E-state index contributed by atoms with van der Waals surface area (Å²) in [7, 11) is 0. The van der Waals surface area contributed by atoms with Gasteiger partial charge in [-0.25, -0.2) is 5.43 Å². The third kappa shape index (κ3) is 6.10. The van der Waals surface area contributed by atoms with Crippen LogP contribution in [0.5, 0.6) is 0 Å². The molecule has 0 aliphatic carbocycles. The highest BCUT2D eigenvalue weighted by molar-refractivity contribution is 5.75. The van der Waals surface area contributed by atoms with E-state index in [4.69, 9.17) is 5.11 Å². The van der Waals surface area contributed by atoms with Gasteiger partial charge in [0.2, 0.25) is 5.91 Å². The molecule has 0 saturated heterocycles. The number of hydrazine groups is 1. The summed E-state index contributed by atoms with van der Waals surface area (Å²) in [5.74, 6) is -0.986. The molecule has 1 atom stereocenters. The second-order valence-electron chi connectivity index (χ2n) is 3.35. The monoisotopic (exact) mass is 188 g/mol. The highest BCUT2D eigenvalue weighted by Gasteiger charge is 2.18. The van der Waals surface area contributed by atoms with Gasteiger partial charge in [-0.15, -0.1) is 0 Å². The normalized spacial score (nSPS) is 12.6. The van der Waals surface area contributed by atoms with E-state index in [0.29, 0.717) is 6.42 Å². The van der Waals surface area contributed by atoms with Crippen LogP contribution in [0.15, 0.2) is 0 Å². The molecule has 0 aromatic rings. The molecule has 5 heteroatoms. The molecule has 1 amide bonds. The number of amides is 1. The highest BCUT2D eigenvalue weighted by Crippen LogP contribution is 2.03. The smallest absolute Gasteiger partial charge is 0.322 e. The number of aliphatic carboxylic acids is 1. The van der Waals surface area contributed by atoms with Gasteiger partial charge in [-0.05, 0) is 12.3 Å². The molecular weight excluding hydrogens is 172 g/mol. The standard InChI is InChI=1S/C8H16N2O3/c1-5(2)4-7(8(12)13)10-9-6(3)11/h5,7,10H,4H2,1-3H3,(H,9,11)(H,12,13)/t7-/m0/s1. The Balaban J connectivity index is 3.95. The second-order valence-corrected chi connectivity index (χ2v) is 3.35. The quantitative estimate of drug-likeness (QED) is 0.536. The molecule has 3 N–H and O–H groups in total. The first kappa shape index (κ1) is 11.9. The van der Waals surface area contributed by atoms with E-state index in [1.165, 1.54) is 6.92 Å². The number of rotatable bonds is 5. The fourth-order valence-electron chi connectivity index (χ4n) is 0.882. The Hall–Kier alpha value is -1.10. The SMILES string of the molecule is CC(=O)NN[C@@H](CC(C)C)C(=O)O. The summed E-state index contributed by atoms with van der Waals surface area (Å²) >= 11 is 0. The Morgan fingerprint density at radius 3 is 2.23 bits per heavy atom. The van der Waals surface area contributed by atoms with Crippen LogP contribution in [0.4, 0.5) is 0 Å². The Labute approximate surface area is 77.5 Å². The Morgan fingerprint density at radius 1 is 1.38 bits per heavy atom. The van der Waals surface area contributed by atoms with E-state index in [1.54, 1.807) is 0 Å². The highest BCUT2D eigenvalue weighted by atomic mass is 16.4. The Bertz CT molecular complexity index is 192. The number of carbonyl (C=O) groups excluding carboxylic acids is 1. The summed E-state index contributed by atoms with van der Waals surface area (Å²) in [4.78, 5) is 21.1. The van der Waals surface area contributed by atoms with Gasteiger partial charge >= 0.3 is 5.97 Å². The fourth-order valence-corrected chi connectivity index (χ4v) is 0.882. The van der Waals surface area contributed by atoms with Crippen molar-refractivity contribution in [2.24, 2.45) is 5.92 Å². The van der Waals surface area contributed by atoms with Gasteiger partial charge in [0.25, 0.3) is 0 Å². The van der Waals surface area contributed by atoms with E-state index in [9.17, 15) is 9.59 Å². The van der Waals surface area contributed by atoms with Crippen LogP contribution in [0.1, 0.15) is 27.2 Å². The van der Waals surface area contributed by atoms with Crippen LogP contribution < -0.4 is 10.9 Å². The lowest BCUT2D eigenvalue weighted by Crippen LogP contribution is -2.47. The summed E-state index contributed by atoms with van der Waals surface area (Å²) in [5, 5.41) is 8.72. The largest absolute Gasteiger partial charge is 0.480 e. The molecule has 0 spiro atoms. The first-order valence-electron chi connectivity index (χ1n) is 4.18. The van der Waals surface area contributed by atoms with Gasteiger partial charge in [0, 0.05) is 6.92 Å². The predicted molar refractivity (Wildman–Crippen MR) is 47.8 cm³/mol. The van der Waals surface area contributed by atoms with Crippen molar-refractivity contribution in [3.63, 3.8) is 0 Å². The van der Waals surface area contributed by atoms with Crippen molar-refractivity contribution in [1.29, 1.82) is 0 Å². The fraction of sp³-hybridized carbons (Fsp3) is 0.750. The summed E-state index contributed by atoms with van der Waals surface area (Å²) in [6.07, 6.45) is 0.482. The Morgan fingerprint density at radius 2 is 1.92 bits per heavy atom. The minimum Gasteiger partial charge on any atom is -0.480 e. The molecule has 13 heavy (non-hydrogen) atoms. The van der Waals surface area contributed by atoms with Crippen molar-refractivity contribution in [2.75, 3.05) is 0 Å². The zero-order chi connectivity index (χ0) is 10.4. The molecule has 0 aromatic heterocycles. The summed E-state index contributed by atoms with van der Waals surface area (Å²) in [5.41, 5.74) is 4.71. The molecule has 0 bridgehead atoms. The van der Waals surface area contributed by atoms with E-state index < -0.39 is 12.0 Å². The lowest BCUT2D eigenvalue weighted by Gasteiger charge is -2.16. The molecule has 0 saturated carbocycles. The van der Waals surface area contributed by atoms with Crippen molar-refractivity contribution in [3.05, 3.63) is 0 Å². The average molecular weight is 188 g/mol. The number of nitrogens with one attached hydrogen (secondary N) is 2. The van der Waals surface area contributed by atoms with Crippen LogP contribution in [-0.4, -0.2) is 23.0 Å². The molecule has 76 valence electrons. The van der Waals surface area contributed by atoms with Gasteiger partial charge < -0.3 is 5.11 Å². The molecule has 0 radical (unpaired) electrons. The lowest BCUT2D eigenvalue weighted by molar-refractivity contribution is -0.140. The number of carboxylic acid groups (broad SMARTS) is 1. The molecule has 0 heterocycles. The molecule has 0 aromatic carbocycles. The number of hydrogen-bond donors (Lipinski definition) is 3. The van der Waals surface area contributed by atoms with Crippen LogP contribution in [0.25, 0.3) is 0 Å². The van der Waals surface area contributed by atoms with E-state index >= 15 is 0 Å². The average Bonchev–Trinajstić information content (AvgIpc) is 1.96. The molecule has 5 nitrogen and oxygen atoms in total. The number of carboxylic acids is 1. The van der Waals surface area contributed by atoms with Gasteiger partial charge in [-0.3, -0.25) is 15.0 Å². The van der Waals surface area contributed by atoms with E-state index in [1.807, 2.05) is 13.8 Å². The van der Waals surface area contributed by atoms with Crippen molar-refractivity contribution < 1.29 is 14.7 Å². The molecule has 0 fully saturated rings. The van der Waals surface area contributed by atoms with Gasteiger partial charge in [-0.2, -0.15) is 0 Å². The Kier molecular flexibility index (Phi) is 5.06. The van der Waals surface area contributed by atoms with Gasteiger partial charge in [0.05, 0.1) is 0 Å². The minimum atomic E-state index is -0.956. The van der Waals surface area contributed by atoms with Crippen LogP contribution in [0.2, 0.25) is 0 Å². The zero-order valence-corrected chi connectivity index (χ0v) is 8.13. The summed E-state index contributed by atoms with van der Waals surface area (Å²) in [6.45, 7) is 5.16. The van der Waals surface area contributed by atoms with Crippen molar-refractivity contribution in [2.45, 2.75) is 33.2 Å². The van der Waals surface area contributed by atoms with Crippen molar-refractivity contribution in [3.8, 4) is 0 Å². The lowest BCUT2D eigenvalue weighted by atomic mass is 10.0. The second kappa shape index (κ2) is 5.53. The summed E-state index contributed by atoms with van der Waals surface area (Å²) < 4.78 is 0. The van der Waals surface area contributed by atoms with Crippen LogP contribution in [-0.2, 0) is 9.59 Å². The van der Waals surface area contributed by atoms with Gasteiger partial charge in [0.1, 0.15) is 6.04 Å². The third-order valence-corrected chi connectivity index (χ3v) is 1.43. The van der Waals surface area contributed by atoms with Crippen LogP contribution in [0, 0.1) is 5.92 Å². The van der Waals surface area contributed by atoms with Crippen molar-refractivity contribution in [1.82, 2.24) is 10.9 Å². The topological polar surface area (TPSA) is 78.4 Å². The van der Waals surface area contributed by atoms with Gasteiger partial charge in [0.15, 0.2) is 0 Å². The molecule has 0 aliphatic heterocycles. The first-order chi connectivity index (χ1) is 5.93. The van der Waals surface area contributed by atoms with E-state index in [2.05, 4.69) is 10.9 Å². The summed E-state index contributed by atoms with van der Waals surface area (Å²) in [6, 6.07) is -0.719. The first-order valence-corrected chi connectivity index (χ1v) is 4.18. The molecular formula is C8H16N2O3. The maximum absolute atomic E-state index is 10.6. The minimum absolute atomic E-state index is 0.266. The van der Waals surface area contributed by atoms with Gasteiger partial charge in [-0.1, -0.05) is 13.8 Å². The van der Waals surface area contributed by atoms with Crippen molar-refractivity contribution >= 4 is 11.9 Å². The number of hydrogen-bond acceptors (Lipinski definition) is 3. The van der Waals surface area contributed by atoms with E-state index in [-0.39, 0.29) is 11.8 Å². The maximum atomic E-state index is 10.6. The number of carbonyl (C=O) groups is 2.